The first kappa shape index (κ1) is 11.7. The molecule has 1 fully saturated rings. The van der Waals surface area contributed by atoms with Crippen LogP contribution in [0.3, 0.4) is 0 Å². The number of methoxy groups -OCH3 is 1. The van der Waals surface area contributed by atoms with Crippen LogP contribution in [0.2, 0.25) is 5.02 Å². The maximum atomic E-state index is 6.09. The van der Waals surface area contributed by atoms with E-state index in [1.54, 1.807) is 7.11 Å². The molecule has 1 aromatic rings. The number of ether oxygens (including phenoxy) is 1. The van der Waals surface area contributed by atoms with E-state index in [-0.39, 0.29) is 0 Å². The molecule has 0 radical (unpaired) electrons. The summed E-state index contributed by atoms with van der Waals surface area (Å²) < 4.78 is 5.05. The molecular formula is C12H17ClN2O. The molecule has 2 rings (SSSR count). The number of likely N-dealkylation sites (tertiary alicyclic amines) is 1. The van der Waals surface area contributed by atoms with E-state index in [0.29, 0.717) is 23.0 Å². The Morgan fingerprint density at radius 1 is 1.50 bits per heavy atom. The Hall–Kier alpha value is -0.800. The molecule has 4 heteroatoms. The molecule has 0 spiro atoms. The highest BCUT2D eigenvalue weighted by Crippen LogP contribution is 2.36. The lowest BCUT2D eigenvalue weighted by Gasteiger charge is -2.23. The van der Waals surface area contributed by atoms with Gasteiger partial charge in [0.15, 0.2) is 0 Å². The van der Waals surface area contributed by atoms with E-state index < -0.39 is 0 Å². The minimum absolute atomic E-state index is 0.436. The molecule has 2 atom stereocenters. The summed E-state index contributed by atoms with van der Waals surface area (Å²) in [4.78, 5) is 6.59. The average molecular weight is 241 g/mol. The molecule has 0 bridgehead atoms. The first-order chi connectivity index (χ1) is 7.63. The lowest BCUT2D eigenvalue weighted by molar-refractivity contribution is 0.256. The van der Waals surface area contributed by atoms with Gasteiger partial charge in [-0.3, -0.25) is 4.90 Å². The fourth-order valence-electron chi connectivity index (χ4n) is 2.29. The van der Waals surface area contributed by atoms with Crippen LogP contribution < -0.4 is 4.74 Å². The Kier molecular flexibility index (Phi) is 3.36. The lowest BCUT2D eigenvalue weighted by atomic mass is 10.1. The van der Waals surface area contributed by atoms with Gasteiger partial charge in [-0.05, 0) is 38.4 Å². The molecule has 1 aromatic heterocycles. The average Bonchev–Trinajstić information content (AvgIpc) is 2.60. The van der Waals surface area contributed by atoms with Crippen molar-refractivity contribution in [3.8, 4) is 5.88 Å². The molecule has 0 amide bonds. The molecule has 0 N–H and O–H groups in total. The van der Waals surface area contributed by atoms with Crippen LogP contribution in [-0.4, -0.2) is 30.1 Å². The molecule has 0 aliphatic carbocycles. The summed E-state index contributed by atoms with van der Waals surface area (Å²) in [7, 11) is 3.73. The first-order valence-corrected chi connectivity index (χ1v) is 5.92. The normalized spacial score (nSPS) is 26.0. The minimum Gasteiger partial charge on any atom is -0.480 e. The maximum absolute atomic E-state index is 6.09. The Morgan fingerprint density at radius 2 is 2.25 bits per heavy atom. The second-order valence-electron chi connectivity index (χ2n) is 4.37. The van der Waals surface area contributed by atoms with Crippen molar-refractivity contribution in [3.63, 3.8) is 0 Å². The predicted molar refractivity (Wildman–Crippen MR) is 65.0 cm³/mol. The first-order valence-electron chi connectivity index (χ1n) is 5.55. The van der Waals surface area contributed by atoms with Crippen LogP contribution in [0.15, 0.2) is 12.3 Å². The van der Waals surface area contributed by atoms with Crippen LogP contribution in [0.5, 0.6) is 5.88 Å². The van der Waals surface area contributed by atoms with E-state index in [9.17, 15) is 0 Å². The van der Waals surface area contributed by atoms with Gasteiger partial charge >= 0.3 is 0 Å². The van der Waals surface area contributed by atoms with Crippen LogP contribution in [0.1, 0.15) is 31.4 Å². The van der Waals surface area contributed by atoms with Gasteiger partial charge in [0.1, 0.15) is 5.02 Å². The molecule has 0 unspecified atom stereocenters. The summed E-state index contributed by atoms with van der Waals surface area (Å²) in [6.07, 6.45) is 4.26. The Morgan fingerprint density at radius 3 is 2.75 bits per heavy atom. The van der Waals surface area contributed by atoms with Crippen molar-refractivity contribution in [2.75, 3.05) is 14.2 Å². The summed E-state index contributed by atoms with van der Waals surface area (Å²) in [5.41, 5.74) is 1.18. The van der Waals surface area contributed by atoms with E-state index in [4.69, 9.17) is 16.3 Å². The van der Waals surface area contributed by atoms with Crippen LogP contribution in [0.25, 0.3) is 0 Å². The summed E-state index contributed by atoms with van der Waals surface area (Å²) in [6, 6.07) is 3.03. The molecule has 16 heavy (non-hydrogen) atoms. The molecule has 0 aromatic carbocycles. The molecule has 88 valence electrons. The van der Waals surface area contributed by atoms with Gasteiger partial charge < -0.3 is 4.74 Å². The van der Waals surface area contributed by atoms with Gasteiger partial charge in [-0.1, -0.05) is 11.6 Å². The fraction of sp³-hybridized carbons (Fsp3) is 0.583. The van der Waals surface area contributed by atoms with Gasteiger partial charge in [-0.15, -0.1) is 0 Å². The van der Waals surface area contributed by atoms with E-state index in [0.717, 1.165) is 0 Å². The van der Waals surface area contributed by atoms with E-state index in [1.165, 1.54) is 18.4 Å². The van der Waals surface area contributed by atoms with Gasteiger partial charge in [0.25, 0.3) is 0 Å². The molecule has 3 nitrogen and oxygen atoms in total. The Bertz CT molecular complexity index is 383. The summed E-state index contributed by atoms with van der Waals surface area (Å²) in [6.45, 7) is 2.25. The number of hydrogen-bond donors (Lipinski definition) is 0. The van der Waals surface area contributed by atoms with Crippen LogP contribution in [0.4, 0.5) is 0 Å². The summed E-state index contributed by atoms with van der Waals surface area (Å²) in [5, 5.41) is 0.591. The monoisotopic (exact) mass is 240 g/mol. The maximum Gasteiger partial charge on any atom is 0.232 e. The quantitative estimate of drug-likeness (QED) is 0.795. The second-order valence-corrected chi connectivity index (χ2v) is 4.77. The third kappa shape index (κ3) is 2.02. The van der Waals surface area contributed by atoms with Gasteiger partial charge in [-0.25, -0.2) is 4.98 Å². The van der Waals surface area contributed by atoms with Crippen LogP contribution >= 0.6 is 11.6 Å². The van der Waals surface area contributed by atoms with Gasteiger partial charge in [0.2, 0.25) is 5.88 Å². The number of halogens is 1. The largest absolute Gasteiger partial charge is 0.480 e. The highest BCUT2D eigenvalue weighted by Gasteiger charge is 2.28. The SMILES string of the molecule is COc1ncc([C@@H]2CC[C@@H](C)N2C)cc1Cl. The summed E-state index contributed by atoms with van der Waals surface area (Å²) in [5.74, 6) is 0.499. The van der Waals surface area contributed by atoms with Gasteiger partial charge in [0.05, 0.1) is 7.11 Å². The van der Waals surface area contributed by atoms with Crippen LogP contribution in [0, 0.1) is 0 Å². The zero-order chi connectivity index (χ0) is 11.7. The number of pyridine rings is 1. The Balaban J connectivity index is 2.25. The van der Waals surface area contributed by atoms with Crippen molar-refractivity contribution in [2.24, 2.45) is 0 Å². The predicted octanol–water partition coefficient (Wildman–Crippen LogP) is 2.90. The van der Waals surface area contributed by atoms with Crippen molar-refractivity contribution in [1.82, 2.24) is 9.88 Å². The molecular weight excluding hydrogens is 224 g/mol. The Labute approximate surface area is 101 Å². The fourth-order valence-corrected chi connectivity index (χ4v) is 2.54. The van der Waals surface area contributed by atoms with E-state index in [1.807, 2.05) is 12.3 Å². The smallest absolute Gasteiger partial charge is 0.232 e. The van der Waals surface area contributed by atoms with Crippen molar-refractivity contribution in [1.29, 1.82) is 0 Å². The number of nitrogens with zero attached hydrogens (tertiary/aromatic N) is 2. The van der Waals surface area contributed by atoms with E-state index >= 15 is 0 Å². The van der Waals surface area contributed by atoms with Crippen molar-refractivity contribution in [2.45, 2.75) is 31.8 Å². The van der Waals surface area contributed by atoms with Crippen LogP contribution in [-0.2, 0) is 0 Å². The summed E-state index contributed by atoms with van der Waals surface area (Å²) >= 11 is 6.09. The van der Waals surface area contributed by atoms with Crippen molar-refractivity contribution in [3.05, 3.63) is 22.8 Å². The molecule has 1 saturated heterocycles. The van der Waals surface area contributed by atoms with Gasteiger partial charge in [0, 0.05) is 18.3 Å². The van der Waals surface area contributed by atoms with Crippen molar-refractivity contribution < 1.29 is 4.74 Å². The zero-order valence-electron chi connectivity index (χ0n) is 9.90. The van der Waals surface area contributed by atoms with E-state index in [2.05, 4.69) is 23.9 Å². The third-order valence-corrected chi connectivity index (χ3v) is 3.72. The third-order valence-electron chi connectivity index (χ3n) is 3.45. The number of rotatable bonds is 2. The molecule has 0 saturated carbocycles. The zero-order valence-corrected chi connectivity index (χ0v) is 10.7. The molecule has 2 heterocycles. The number of aromatic nitrogens is 1. The molecule has 1 aliphatic rings. The minimum atomic E-state index is 0.436. The van der Waals surface area contributed by atoms with Gasteiger partial charge in [-0.2, -0.15) is 0 Å². The topological polar surface area (TPSA) is 25.4 Å². The standard InChI is InChI=1S/C12H17ClN2O/c1-8-4-5-11(15(8)2)9-6-10(13)12(16-3)14-7-9/h6-8,11H,4-5H2,1-3H3/t8-,11+/m1/s1. The lowest BCUT2D eigenvalue weighted by Crippen LogP contribution is -2.24. The second kappa shape index (κ2) is 4.60. The molecule has 1 aliphatic heterocycles. The highest BCUT2D eigenvalue weighted by molar-refractivity contribution is 6.31. The van der Waals surface area contributed by atoms with Crippen molar-refractivity contribution >= 4 is 11.6 Å². The number of hydrogen-bond acceptors (Lipinski definition) is 3. The highest BCUT2D eigenvalue weighted by atomic mass is 35.5.